The van der Waals surface area contributed by atoms with Crippen molar-refractivity contribution >= 4 is 0 Å². The fourth-order valence-electron chi connectivity index (χ4n) is 1.87. The zero-order chi connectivity index (χ0) is 12.3. The Balaban J connectivity index is 1.82. The van der Waals surface area contributed by atoms with E-state index >= 15 is 0 Å². The number of rotatable bonds is 6. The largest absolute Gasteiger partial charge is 0.379 e. The minimum absolute atomic E-state index is 0.00922. The minimum Gasteiger partial charge on any atom is -0.379 e. The molecule has 1 atom stereocenters. The molecule has 0 aromatic heterocycles. The predicted octanol–water partition coefficient (Wildman–Crippen LogP) is 3.24. The lowest BCUT2D eigenvalue weighted by atomic mass is 10.00. The first-order chi connectivity index (χ1) is 8.16. The number of ether oxygens (including phenoxy) is 1. The first-order valence-corrected chi connectivity index (χ1v) is 6.60. The molecule has 17 heavy (non-hydrogen) atoms. The second-order valence-corrected chi connectivity index (χ2v) is 5.41. The van der Waals surface area contributed by atoms with E-state index in [1.165, 1.54) is 24.0 Å². The third-order valence-corrected chi connectivity index (χ3v) is 3.38. The molecule has 0 amide bonds. The molecule has 2 rings (SSSR count). The van der Waals surface area contributed by atoms with Crippen molar-refractivity contribution in [2.24, 2.45) is 11.7 Å². The van der Waals surface area contributed by atoms with Crippen LogP contribution < -0.4 is 5.73 Å². The summed E-state index contributed by atoms with van der Waals surface area (Å²) in [6, 6.07) is 8.60. The van der Waals surface area contributed by atoms with Gasteiger partial charge in [-0.15, -0.1) is 0 Å². The highest BCUT2D eigenvalue weighted by Crippen LogP contribution is 2.29. The highest BCUT2D eigenvalue weighted by Gasteiger charge is 2.21. The van der Waals surface area contributed by atoms with E-state index in [1.54, 1.807) is 0 Å². The number of nitrogens with two attached hydrogens (primary N) is 1. The molecule has 2 heteroatoms. The fourth-order valence-corrected chi connectivity index (χ4v) is 1.87. The quantitative estimate of drug-likeness (QED) is 0.818. The van der Waals surface area contributed by atoms with E-state index in [2.05, 4.69) is 38.1 Å². The summed E-state index contributed by atoms with van der Waals surface area (Å²) < 4.78 is 5.63. The topological polar surface area (TPSA) is 35.2 Å². The Kier molecular flexibility index (Phi) is 4.19. The summed E-state index contributed by atoms with van der Waals surface area (Å²) in [5.74, 6) is 1.39. The summed E-state index contributed by atoms with van der Waals surface area (Å²) in [5.41, 5.74) is 8.64. The number of benzene rings is 1. The highest BCUT2D eigenvalue weighted by molar-refractivity contribution is 5.26. The van der Waals surface area contributed by atoms with Crippen LogP contribution in [0.25, 0.3) is 0 Å². The molecule has 1 saturated carbocycles. The van der Waals surface area contributed by atoms with Crippen molar-refractivity contribution in [3.05, 3.63) is 35.4 Å². The molecule has 1 aromatic rings. The maximum atomic E-state index is 6.10. The molecule has 1 aliphatic carbocycles. The monoisotopic (exact) mass is 233 g/mol. The van der Waals surface area contributed by atoms with Crippen molar-refractivity contribution in [3.63, 3.8) is 0 Å². The Labute approximate surface area is 104 Å². The van der Waals surface area contributed by atoms with Crippen molar-refractivity contribution in [1.82, 2.24) is 0 Å². The van der Waals surface area contributed by atoms with E-state index < -0.39 is 0 Å². The molecule has 2 nitrogen and oxygen atoms in total. The van der Waals surface area contributed by atoms with Crippen LogP contribution in [0.15, 0.2) is 24.3 Å². The Hall–Kier alpha value is -0.860. The van der Waals surface area contributed by atoms with Gasteiger partial charge in [0.2, 0.25) is 0 Å². The smallest absolute Gasteiger partial charge is 0.0659 e. The van der Waals surface area contributed by atoms with Crippen LogP contribution in [0, 0.1) is 5.92 Å². The summed E-state index contributed by atoms with van der Waals surface area (Å²) in [5, 5.41) is 0. The summed E-state index contributed by atoms with van der Waals surface area (Å²) in [6.07, 6.45) is 2.66. The Morgan fingerprint density at radius 3 is 2.29 bits per heavy atom. The highest BCUT2D eigenvalue weighted by atomic mass is 16.5. The van der Waals surface area contributed by atoms with Gasteiger partial charge >= 0.3 is 0 Å². The van der Waals surface area contributed by atoms with Gasteiger partial charge < -0.3 is 10.5 Å². The van der Waals surface area contributed by atoms with Crippen LogP contribution in [0.4, 0.5) is 0 Å². The maximum absolute atomic E-state index is 6.10. The van der Waals surface area contributed by atoms with E-state index in [4.69, 9.17) is 10.5 Å². The van der Waals surface area contributed by atoms with Crippen LogP contribution >= 0.6 is 0 Å². The number of hydrogen-bond acceptors (Lipinski definition) is 2. The second-order valence-electron chi connectivity index (χ2n) is 5.41. The molecule has 1 unspecified atom stereocenters. The molecule has 1 aliphatic rings. The SMILES string of the molecule is CC(C)c1ccc(C(N)COCC2CC2)cc1. The number of hydrogen-bond donors (Lipinski definition) is 1. The molecular formula is C15H23NO. The van der Waals surface area contributed by atoms with Crippen molar-refractivity contribution in [2.45, 2.75) is 38.6 Å². The summed E-state index contributed by atoms with van der Waals surface area (Å²) in [6.45, 7) is 5.93. The van der Waals surface area contributed by atoms with Gasteiger partial charge in [-0.2, -0.15) is 0 Å². The molecule has 1 fully saturated rings. The molecule has 0 aliphatic heterocycles. The van der Waals surface area contributed by atoms with Crippen LogP contribution in [0.5, 0.6) is 0 Å². The van der Waals surface area contributed by atoms with E-state index in [-0.39, 0.29) is 6.04 Å². The fraction of sp³-hybridized carbons (Fsp3) is 0.600. The van der Waals surface area contributed by atoms with E-state index in [9.17, 15) is 0 Å². The second kappa shape index (κ2) is 5.65. The van der Waals surface area contributed by atoms with Gasteiger partial charge in [0.15, 0.2) is 0 Å². The van der Waals surface area contributed by atoms with E-state index in [0.29, 0.717) is 12.5 Å². The lowest BCUT2D eigenvalue weighted by molar-refractivity contribution is 0.112. The third kappa shape index (κ3) is 3.83. The average molecular weight is 233 g/mol. The van der Waals surface area contributed by atoms with Crippen LogP contribution in [0.2, 0.25) is 0 Å². The van der Waals surface area contributed by atoms with Crippen LogP contribution in [0.3, 0.4) is 0 Å². The van der Waals surface area contributed by atoms with Crippen molar-refractivity contribution in [1.29, 1.82) is 0 Å². The van der Waals surface area contributed by atoms with Gasteiger partial charge in [-0.05, 0) is 35.8 Å². The lowest BCUT2D eigenvalue weighted by Crippen LogP contribution is -2.17. The third-order valence-electron chi connectivity index (χ3n) is 3.38. The zero-order valence-corrected chi connectivity index (χ0v) is 10.9. The molecule has 1 aromatic carbocycles. The summed E-state index contributed by atoms with van der Waals surface area (Å²) in [7, 11) is 0. The predicted molar refractivity (Wildman–Crippen MR) is 71.0 cm³/mol. The Morgan fingerprint density at radius 2 is 1.76 bits per heavy atom. The molecule has 0 bridgehead atoms. The molecule has 0 spiro atoms. The van der Waals surface area contributed by atoms with E-state index in [1.807, 2.05) is 0 Å². The van der Waals surface area contributed by atoms with Crippen LogP contribution in [-0.2, 0) is 4.74 Å². The molecule has 0 heterocycles. The maximum Gasteiger partial charge on any atom is 0.0659 e. The van der Waals surface area contributed by atoms with Crippen molar-refractivity contribution < 1.29 is 4.74 Å². The molecule has 0 radical (unpaired) electrons. The van der Waals surface area contributed by atoms with Crippen molar-refractivity contribution in [3.8, 4) is 0 Å². The standard InChI is InChI=1S/C15H23NO/c1-11(2)13-5-7-14(8-6-13)15(16)10-17-9-12-3-4-12/h5-8,11-12,15H,3-4,9-10,16H2,1-2H3. The van der Waals surface area contributed by atoms with Gasteiger partial charge in [-0.3, -0.25) is 0 Å². The summed E-state index contributed by atoms with van der Waals surface area (Å²) in [4.78, 5) is 0. The summed E-state index contributed by atoms with van der Waals surface area (Å²) >= 11 is 0. The van der Waals surface area contributed by atoms with Gasteiger partial charge in [0.25, 0.3) is 0 Å². The Morgan fingerprint density at radius 1 is 1.18 bits per heavy atom. The van der Waals surface area contributed by atoms with Gasteiger partial charge in [0.1, 0.15) is 0 Å². The van der Waals surface area contributed by atoms with Gasteiger partial charge in [-0.1, -0.05) is 38.1 Å². The van der Waals surface area contributed by atoms with Crippen LogP contribution in [0.1, 0.15) is 49.8 Å². The first-order valence-electron chi connectivity index (χ1n) is 6.60. The van der Waals surface area contributed by atoms with Gasteiger partial charge in [0.05, 0.1) is 12.6 Å². The normalized spacial score (nSPS) is 17.4. The van der Waals surface area contributed by atoms with Gasteiger partial charge in [0, 0.05) is 6.61 Å². The lowest BCUT2D eigenvalue weighted by Gasteiger charge is -2.14. The first kappa shape index (κ1) is 12.6. The van der Waals surface area contributed by atoms with Crippen molar-refractivity contribution in [2.75, 3.05) is 13.2 Å². The molecule has 0 saturated heterocycles. The Bertz CT molecular complexity index is 340. The minimum atomic E-state index is 0.00922. The zero-order valence-electron chi connectivity index (χ0n) is 10.9. The van der Waals surface area contributed by atoms with E-state index in [0.717, 1.165) is 12.5 Å². The molecular weight excluding hydrogens is 210 g/mol. The van der Waals surface area contributed by atoms with Crippen LogP contribution in [-0.4, -0.2) is 13.2 Å². The molecule has 94 valence electrons. The molecule has 2 N–H and O–H groups in total. The average Bonchev–Trinajstić information content (AvgIpc) is 3.13. The van der Waals surface area contributed by atoms with Gasteiger partial charge in [-0.25, -0.2) is 0 Å².